The van der Waals surface area contributed by atoms with Crippen LogP contribution in [0.25, 0.3) is 11.3 Å². The number of carbonyl (C=O) groups is 2. The van der Waals surface area contributed by atoms with Crippen LogP contribution in [0.5, 0.6) is 5.75 Å². The highest BCUT2D eigenvalue weighted by atomic mass is 16.5. The lowest BCUT2D eigenvalue weighted by Crippen LogP contribution is -2.56. The van der Waals surface area contributed by atoms with Gasteiger partial charge in [0, 0.05) is 36.8 Å². The van der Waals surface area contributed by atoms with E-state index in [0.29, 0.717) is 48.3 Å². The number of benzene rings is 1. The van der Waals surface area contributed by atoms with Gasteiger partial charge in [0.2, 0.25) is 5.91 Å². The van der Waals surface area contributed by atoms with E-state index in [9.17, 15) is 9.59 Å². The van der Waals surface area contributed by atoms with Crippen molar-refractivity contribution in [2.45, 2.75) is 58.2 Å². The SMILES string of the molecule is C=C(c1cccc(OCC(=O)N2CC(C)NC(C)C2)c1)c1cnn(C2=CC(C(=O)NC3CC3)CC=C2C)c1N. The molecule has 4 N–H and O–H groups in total. The summed E-state index contributed by atoms with van der Waals surface area (Å²) in [5.74, 6) is 0.806. The van der Waals surface area contributed by atoms with Crippen LogP contribution in [0.3, 0.4) is 0 Å². The number of rotatable bonds is 8. The van der Waals surface area contributed by atoms with Crippen molar-refractivity contribution in [2.24, 2.45) is 5.92 Å². The third-order valence-electron chi connectivity index (χ3n) is 7.52. The molecule has 0 radical (unpaired) electrons. The lowest BCUT2D eigenvalue weighted by Gasteiger charge is -2.36. The van der Waals surface area contributed by atoms with Crippen LogP contribution in [-0.4, -0.2) is 64.3 Å². The van der Waals surface area contributed by atoms with Crippen LogP contribution in [-0.2, 0) is 9.59 Å². The number of nitrogens with two attached hydrogens (primary N) is 1. The summed E-state index contributed by atoms with van der Waals surface area (Å²) in [4.78, 5) is 27.3. The summed E-state index contributed by atoms with van der Waals surface area (Å²) in [6.45, 7) is 11.7. The van der Waals surface area contributed by atoms with E-state index in [1.54, 1.807) is 10.9 Å². The number of nitrogen functional groups attached to an aromatic ring is 1. The summed E-state index contributed by atoms with van der Waals surface area (Å²) in [5.41, 5.74) is 10.6. The van der Waals surface area contributed by atoms with Gasteiger partial charge < -0.3 is 26.0 Å². The van der Waals surface area contributed by atoms with Crippen LogP contribution in [0, 0.1) is 5.92 Å². The molecular formula is C30H38N6O3. The highest BCUT2D eigenvalue weighted by Crippen LogP contribution is 2.33. The van der Waals surface area contributed by atoms with Gasteiger partial charge in [0.1, 0.15) is 11.6 Å². The van der Waals surface area contributed by atoms with Gasteiger partial charge in [0.15, 0.2) is 6.61 Å². The molecule has 1 aliphatic heterocycles. The zero-order chi connectivity index (χ0) is 27.7. The summed E-state index contributed by atoms with van der Waals surface area (Å²) in [6.07, 6.45) is 8.48. The smallest absolute Gasteiger partial charge is 0.260 e. The van der Waals surface area contributed by atoms with E-state index in [4.69, 9.17) is 10.5 Å². The average molecular weight is 531 g/mol. The molecule has 1 saturated heterocycles. The maximum absolute atomic E-state index is 12.7. The fourth-order valence-corrected chi connectivity index (χ4v) is 5.23. The van der Waals surface area contributed by atoms with Gasteiger partial charge >= 0.3 is 0 Å². The number of allylic oxidation sites excluding steroid dienone is 3. The Morgan fingerprint density at radius 1 is 1.23 bits per heavy atom. The van der Waals surface area contributed by atoms with Crippen molar-refractivity contribution in [3.8, 4) is 5.75 Å². The molecule has 1 saturated carbocycles. The predicted molar refractivity (Wildman–Crippen MR) is 153 cm³/mol. The first-order valence-corrected chi connectivity index (χ1v) is 13.7. The maximum Gasteiger partial charge on any atom is 0.260 e. The van der Waals surface area contributed by atoms with Crippen molar-refractivity contribution in [1.29, 1.82) is 0 Å². The molecule has 3 unspecified atom stereocenters. The first-order chi connectivity index (χ1) is 18.7. The molecule has 0 spiro atoms. The van der Waals surface area contributed by atoms with E-state index >= 15 is 0 Å². The Morgan fingerprint density at radius 2 is 1.97 bits per heavy atom. The fourth-order valence-electron chi connectivity index (χ4n) is 5.23. The van der Waals surface area contributed by atoms with Gasteiger partial charge in [-0.05, 0) is 75.0 Å². The normalized spacial score (nSPS) is 23.1. The molecule has 2 amide bonds. The summed E-state index contributed by atoms with van der Waals surface area (Å²) < 4.78 is 7.55. The Kier molecular flexibility index (Phi) is 7.61. The second-order valence-electron chi connectivity index (χ2n) is 11.0. The molecule has 9 heteroatoms. The highest BCUT2D eigenvalue weighted by Gasteiger charge is 2.29. The zero-order valence-electron chi connectivity index (χ0n) is 22.9. The molecule has 2 aliphatic carbocycles. The number of aromatic nitrogens is 2. The van der Waals surface area contributed by atoms with Crippen molar-refractivity contribution in [2.75, 3.05) is 25.4 Å². The quantitative estimate of drug-likeness (QED) is 0.483. The molecule has 39 heavy (non-hydrogen) atoms. The van der Waals surface area contributed by atoms with E-state index in [1.165, 1.54) is 0 Å². The number of hydrogen-bond donors (Lipinski definition) is 3. The summed E-state index contributed by atoms with van der Waals surface area (Å²) in [6, 6.07) is 8.31. The van der Waals surface area contributed by atoms with Crippen molar-refractivity contribution in [1.82, 2.24) is 25.3 Å². The van der Waals surface area contributed by atoms with Crippen molar-refractivity contribution in [3.63, 3.8) is 0 Å². The van der Waals surface area contributed by atoms with Crippen LogP contribution < -0.4 is 21.1 Å². The van der Waals surface area contributed by atoms with Crippen molar-refractivity contribution < 1.29 is 14.3 Å². The number of amides is 2. The van der Waals surface area contributed by atoms with E-state index in [1.807, 2.05) is 42.2 Å². The molecule has 3 aliphatic rings. The monoisotopic (exact) mass is 530 g/mol. The molecular weight excluding hydrogens is 492 g/mol. The Morgan fingerprint density at radius 3 is 2.69 bits per heavy atom. The second-order valence-corrected chi connectivity index (χ2v) is 11.0. The number of hydrogen-bond acceptors (Lipinski definition) is 6. The molecule has 3 atom stereocenters. The minimum Gasteiger partial charge on any atom is -0.484 e. The third kappa shape index (κ3) is 6.09. The summed E-state index contributed by atoms with van der Waals surface area (Å²) in [5, 5.41) is 11.1. The molecule has 2 heterocycles. The van der Waals surface area contributed by atoms with Gasteiger partial charge in [-0.2, -0.15) is 5.10 Å². The minimum absolute atomic E-state index is 0.0231. The van der Waals surface area contributed by atoms with Crippen LogP contribution in [0.15, 0.2) is 54.8 Å². The van der Waals surface area contributed by atoms with Crippen molar-refractivity contribution >= 4 is 28.9 Å². The summed E-state index contributed by atoms with van der Waals surface area (Å²) >= 11 is 0. The Bertz CT molecular complexity index is 1330. The lowest BCUT2D eigenvalue weighted by atomic mass is 9.94. The zero-order valence-corrected chi connectivity index (χ0v) is 22.9. The van der Waals surface area contributed by atoms with Gasteiger partial charge in [0.25, 0.3) is 5.91 Å². The van der Waals surface area contributed by atoms with Gasteiger partial charge in [-0.3, -0.25) is 9.59 Å². The number of nitrogens with zero attached hydrogens (tertiary/aromatic N) is 3. The van der Waals surface area contributed by atoms with E-state index in [0.717, 1.165) is 29.7 Å². The van der Waals surface area contributed by atoms with Crippen LogP contribution in [0.4, 0.5) is 5.82 Å². The van der Waals surface area contributed by atoms with E-state index < -0.39 is 0 Å². The predicted octanol–water partition coefficient (Wildman–Crippen LogP) is 3.20. The van der Waals surface area contributed by atoms with Gasteiger partial charge in [0.05, 0.1) is 17.8 Å². The number of anilines is 1. The Hall–Kier alpha value is -3.85. The molecule has 206 valence electrons. The van der Waals surface area contributed by atoms with Crippen molar-refractivity contribution in [3.05, 3.63) is 65.9 Å². The molecule has 1 aromatic carbocycles. The highest BCUT2D eigenvalue weighted by molar-refractivity contribution is 5.87. The van der Waals surface area contributed by atoms with Crippen LogP contribution >= 0.6 is 0 Å². The molecule has 2 fully saturated rings. The second kappa shape index (κ2) is 11.1. The van der Waals surface area contributed by atoms with Gasteiger partial charge in [-0.15, -0.1) is 0 Å². The van der Waals surface area contributed by atoms with Crippen LogP contribution in [0.2, 0.25) is 0 Å². The van der Waals surface area contributed by atoms with Gasteiger partial charge in [-0.25, -0.2) is 4.68 Å². The lowest BCUT2D eigenvalue weighted by molar-refractivity contribution is -0.135. The standard InChI is InChI=1S/C30H38N6O3/c1-18-8-9-23(30(38)34-24-10-11-24)13-27(18)36-29(31)26(14-32-36)21(4)22-6-5-7-25(12-22)39-17-28(37)35-15-19(2)33-20(3)16-35/h5-8,12-14,19-20,23-24,33H,4,9-11,15-17,31H2,1-3H3,(H,34,38). The largest absolute Gasteiger partial charge is 0.484 e. The Balaban J connectivity index is 1.28. The topological polar surface area (TPSA) is 115 Å². The molecule has 0 bridgehead atoms. The number of nitrogens with one attached hydrogen (secondary N) is 2. The molecule has 2 aromatic rings. The third-order valence-corrected chi connectivity index (χ3v) is 7.52. The first-order valence-electron chi connectivity index (χ1n) is 13.7. The van der Waals surface area contributed by atoms with E-state index in [2.05, 4.69) is 42.2 Å². The molecule has 5 rings (SSSR count). The number of carbonyl (C=O) groups excluding carboxylic acids is 2. The first kappa shape index (κ1) is 26.7. The molecule has 9 nitrogen and oxygen atoms in total. The molecule has 1 aromatic heterocycles. The Labute approximate surface area is 229 Å². The fraction of sp³-hybridized carbons (Fsp3) is 0.433. The number of piperazine rings is 1. The van der Waals surface area contributed by atoms with Gasteiger partial charge in [-0.1, -0.05) is 24.8 Å². The summed E-state index contributed by atoms with van der Waals surface area (Å²) in [7, 11) is 0. The van der Waals surface area contributed by atoms with Crippen LogP contribution in [0.1, 0.15) is 51.2 Å². The minimum atomic E-state index is -0.247. The average Bonchev–Trinajstić information content (AvgIpc) is 3.65. The number of ether oxygens (including phenoxy) is 1. The maximum atomic E-state index is 12.7. The van der Waals surface area contributed by atoms with E-state index in [-0.39, 0.29) is 36.4 Å².